The van der Waals surface area contributed by atoms with Crippen molar-refractivity contribution < 1.29 is 0 Å². The number of nitrogens with one attached hydrogen (secondary N) is 1. The van der Waals surface area contributed by atoms with Crippen molar-refractivity contribution >= 4 is 11.8 Å². The Morgan fingerprint density at radius 3 is 3.00 bits per heavy atom. The molecule has 104 valence electrons. The topological polar surface area (TPSA) is 15.3 Å². The molecule has 1 N–H and O–H groups in total. The van der Waals surface area contributed by atoms with Crippen molar-refractivity contribution in [1.29, 1.82) is 0 Å². The first-order valence-corrected chi connectivity index (χ1v) is 8.24. The monoisotopic (exact) mass is 276 g/mol. The van der Waals surface area contributed by atoms with Gasteiger partial charge in [-0.3, -0.25) is 4.90 Å². The van der Waals surface area contributed by atoms with Gasteiger partial charge in [-0.15, -0.1) is 11.8 Å². The van der Waals surface area contributed by atoms with Crippen LogP contribution >= 0.6 is 11.8 Å². The summed E-state index contributed by atoms with van der Waals surface area (Å²) in [6.07, 6.45) is 0. The van der Waals surface area contributed by atoms with Crippen LogP contribution in [0.15, 0.2) is 29.2 Å². The number of fused-ring (bicyclic) bond motifs is 1. The van der Waals surface area contributed by atoms with E-state index in [-0.39, 0.29) is 5.54 Å². The normalized spacial score (nSPS) is 30.3. The summed E-state index contributed by atoms with van der Waals surface area (Å²) in [4.78, 5) is 4.17. The van der Waals surface area contributed by atoms with Crippen LogP contribution in [0.1, 0.15) is 32.3 Å². The number of piperazine rings is 1. The average Bonchev–Trinajstić information content (AvgIpc) is 2.77. The number of nitrogens with zero attached hydrogens (tertiary/aromatic N) is 1. The van der Waals surface area contributed by atoms with E-state index in [1.807, 2.05) is 11.8 Å². The molecule has 2 aliphatic rings. The van der Waals surface area contributed by atoms with Gasteiger partial charge < -0.3 is 5.32 Å². The van der Waals surface area contributed by atoms with Gasteiger partial charge in [-0.1, -0.05) is 18.2 Å². The van der Waals surface area contributed by atoms with Crippen molar-refractivity contribution in [2.45, 2.75) is 43.2 Å². The molecule has 3 rings (SSSR count). The molecule has 2 heterocycles. The average molecular weight is 276 g/mol. The predicted molar refractivity (Wildman–Crippen MR) is 83.0 cm³/mol. The van der Waals surface area contributed by atoms with Crippen molar-refractivity contribution in [3.05, 3.63) is 29.8 Å². The summed E-state index contributed by atoms with van der Waals surface area (Å²) in [5.41, 5.74) is 1.81. The highest BCUT2D eigenvalue weighted by molar-refractivity contribution is 7.99. The van der Waals surface area contributed by atoms with E-state index in [2.05, 4.69) is 55.3 Å². The van der Waals surface area contributed by atoms with Gasteiger partial charge in [-0.25, -0.2) is 0 Å². The van der Waals surface area contributed by atoms with Gasteiger partial charge in [0, 0.05) is 47.8 Å². The molecule has 0 aliphatic carbocycles. The molecule has 0 bridgehead atoms. The lowest BCUT2D eigenvalue weighted by Crippen LogP contribution is -2.61. The Bertz CT molecular complexity index is 458. The lowest BCUT2D eigenvalue weighted by Gasteiger charge is -2.44. The quantitative estimate of drug-likeness (QED) is 0.894. The van der Waals surface area contributed by atoms with Gasteiger partial charge in [0.25, 0.3) is 0 Å². The van der Waals surface area contributed by atoms with E-state index in [1.54, 1.807) is 5.56 Å². The van der Waals surface area contributed by atoms with Crippen molar-refractivity contribution in [3.8, 4) is 0 Å². The molecule has 1 aromatic carbocycles. The van der Waals surface area contributed by atoms with Crippen LogP contribution in [0, 0.1) is 0 Å². The zero-order valence-corrected chi connectivity index (χ0v) is 13.0. The van der Waals surface area contributed by atoms with Gasteiger partial charge in [0.2, 0.25) is 0 Å². The van der Waals surface area contributed by atoms with Crippen LogP contribution in [0.3, 0.4) is 0 Å². The molecular formula is C16H24N2S. The van der Waals surface area contributed by atoms with Crippen molar-refractivity contribution in [2.75, 3.05) is 25.4 Å². The summed E-state index contributed by atoms with van der Waals surface area (Å²) in [5, 5.41) is 3.64. The Kier molecular flexibility index (Phi) is 3.63. The predicted octanol–water partition coefficient (Wildman–Crippen LogP) is 2.95. The van der Waals surface area contributed by atoms with Crippen molar-refractivity contribution in [1.82, 2.24) is 10.2 Å². The van der Waals surface area contributed by atoms with Crippen LogP contribution in [0.4, 0.5) is 0 Å². The molecule has 1 fully saturated rings. The van der Waals surface area contributed by atoms with Crippen LogP contribution in [-0.4, -0.2) is 41.9 Å². The molecule has 1 saturated heterocycles. The Morgan fingerprint density at radius 1 is 1.37 bits per heavy atom. The third kappa shape index (κ3) is 2.83. The SMILES string of the molecule is CC1CNC(C)(C)CN1CC1CSc2ccccc21. The number of rotatable bonds is 2. The van der Waals surface area contributed by atoms with Gasteiger partial charge in [0.05, 0.1) is 0 Å². The minimum atomic E-state index is 0.248. The third-order valence-electron chi connectivity index (χ3n) is 4.35. The maximum atomic E-state index is 3.64. The van der Waals surface area contributed by atoms with E-state index in [1.165, 1.54) is 17.2 Å². The highest BCUT2D eigenvalue weighted by Gasteiger charge is 2.33. The smallest absolute Gasteiger partial charge is 0.0252 e. The first kappa shape index (κ1) is 13.5. The molecule has 2 nitrogen and oxygen atoms in total. The number of hydrogen-bond acceptors (Lipinski definition) is 3. The molecule has 3 heteroatoms. The summed E-state index contributed by atoms with van der Waals surface area (Å²) in [7, 11) is 0. The molecular weight excluding hydrogens is 252 g/mol. The first-order chi connectivity index (χ1) is 9.05. The summed E-state index contributed by atoms with van der Waals surface area (Å²) in [6, 6.07) is 9.57. The molecule has 0 spiro atoms. The van der Waals surface area contributed by atoms with Crippen LogP contribution in [0.25, 0.3) is 0 Å². The van der Waals surface area contributed by atoms with Crippen LogP contribution < -0.4 is 5.32 Å². The van der Waals surface area contributed by atoms with E-state index in [4.69, 9.17) is 0 Å². The van der Waals surface area contributed by atoms with E-state index in [0.717, 1.165) is 13.1 Å². The van der Waals surface area contributed by atoms with Crippen LogP contribution in [-0.2, 0) is 0 Å². The molecule has 0 radical (unpaired) electrons. The van der Waals surface area contributed by atoms with E-state index < -0.39 is 0 Å². The van der Waals surface area contributed by atoms with Crippen molar-refractivity contribution in [2.24, 2.45) is 0 Å². The van der Waals surface area contributed by atoms with E-state index in [0.29, 0.717) is 12.0 Å². The summed E-state index contributed by atoms with van der Waals surface area (Å²) >= 11 is 2.02. The maximum Gasteiger partial charge on any atom is 0.0252 e. The first-order valence-electron chi connectivity index (χ1n) is 7.26. The minimum Gasteiger partial charge on any atom is -0.309 e. The van der Waals surface area contributed by atoms with Gasteiger partial charge in [0.15, 0.2) is 0 Å². The van der Waals surface area contributed by atoms with Crippen LogP contribution in [0.5, 0.6) is 0 Å². The van der Waals surface area contributed by atoms with Gasteiger partial charge in [0.1, 0.15) is 0 Å². The maximum absolute atomic E-state index is 3.64. The highest BCUT2D eigenvalue weighted by Crippen LogP contribution is 2.40. The minimum absolute atomic E-state index is 0.248. The molecule has 0 amide bonds. The molecule has 2 aliphatic heterocycles. The molecule has 19 heavy (non-hydrogen) atoms. The Labute approximate surface area is 121 Å². The fraction of sp³-hybridized carbons (Fsp3) is 0.625. The molecule has 2 unspecified atom stereocenters. The Hall–Kier alpha value is -0.510. The second-order valence-electron chi connectivity index (χ2n) is 6.59. The summed E-state index contributed by atoms with van der Waals surface area (Å²) in [5.74, 6) is 1.95. The second kappa shape index (κ2) is 5.12. The van der Waals surface area contributed by atoms with Crippen molar-refractivity contribution in [3.63, 3.8) is 0 Å². The fourth-order valence-electron chi connectivity index (χ4n) is 3.18. The van der Waals surface area contributed by atoms with Crippen LogP contribution in [0.2, 0.25) is 0 Å². The summed E-state index contributed by atoms with van der Waals surface area (Å²) in [6.45, 7) is 10.4. The zero-order chi connectivity index (χ0) is 13.5. The van der Waals surface area contributed by atoms with Gasteiger partial charge in [-0.2, -0.15) is 0 Å². The second-order valence-corrected chi connectivity index (χ2v) is 7.65. The molecule has 1 aromatic rings. The highest BCUT2D eigenvalue weighted by atomic mass is 32.2. The third-order valence-corrected chi connectivity index (χ3v) is 5.60. The van der Waals surface area contributed by atoms with E-state index in [9.17, 15) is 0 Å². The Balaban J connectivity index is 1.72. The molecule has 0 aromatic heterocycles. The van der Waals surface area contributed by atoms with Gasteiger partial charge in [-0.05, 0) is 32.4 Å². The number of hydrogen-bond donors (Lipinski definition) is 1. The lowest BCUT2D eigenvalue weighted by molar-refractivity contribution is 0.100. The zero-order valence-electron chi connectivity index (χ0n) is 12.1. The molecule has 0 saturated carbocycles. The Morgan fingerprint density at radius 2 is 2.16 bits per heavy atom. The number of thioether (sulfide) groups is 1. The largest absolute Gasteiger partial charge is 0.309 e. The lowest BCUT2D eigenvalue weighted by atomic mass is 9.95. The molecule has 2 atom stereocenters. The van der Waals surface area contributed by atoms with Gasteiger partial charge >= 0.3 is 0 Å². The standard InChI is InChI=1S/C16H24N2S/c1-12-8-17-16(2,3)11-18(12)9-13-10-19-15-7-5-4-6-14(13)15/h4-7,12-13,17H,8-11H2,1-3H3. The fourth-order valence-corrected chi connectivity index (χ4v) is 4.42. The summed E-state index contributed by atoms with van der Waals surface area (Å²) < 4.78 is 0. The van der Waals surface area contributed by atoms with E-state index >= 15 is 0 Å². The number of benzene rings is 1.